The second-order valence-electron chi connectivity index (χ2n) is 6.78. The largest absolute Gasteiger partial charge is 0.145 e. The summed E-state index contributed by atoms with van der Waals surface area (Å²) >= 11 is 0. The molecular weight excluding hydrogens is 210 g/mol. The maximum absolute atomic E-state index is 11.0. The van der Waals surface area contributed by atoms with E-state index in [0.29, 0.717) is 5.69 Å². The summed E-state index contributed by atoms with van der Waals surface area (Å²) in [6, 6.07) is 4.20. The van der Waals surface area contributed by atoms with E-state index in [4.69, 9.17) is 0 Å². The van der Waals surface area contributed by atoms with Crippen molar-refractivity contribution in [3.05, 3.63) is 33.7 Å². The van der Waals surface area contributed by atoms with Crippen molar-refractivity contribution in [3.8, 4) is 0 Å². The molecule has 0 aliphatic carbocycles. The zero-order chi connectivity index (χ0) is 13.4. The van der Waals surface area contributed by atoms with Crippen molar-refractivity contribution >= 4 is 5.69 Å². The van der Waals surface area contributed by atoms with Gasteiger partial charge in [0, 0.05) is 0 Å². The van der Waals surface area contributed by atoms with Gasteiger partial charge in [-0.15, -0.1) is 4.91 Å². The number of rotatable bonds is 1. The Labute approximate surface area is 104 Å². The molecule has 0 atom stereocenters. The van der Waals surface area contributed by atoms with Crippen LogP contribution in [0.5, 0.6) is 0 Å². The Kier molecular flexibility index (Phi) is 3.47. The van der Waals surface area contributed by atoms with Gasteiger partial charge >= 0.3 is 0 Å². The molecule has 0 fully saturated rings. The predicted octanol–water partition coefficient (Wildman–Crippen LogP) is 4.99. The third-order valence-electron chi connectivity index (χ3n) is 3.07. The van der Waals surface area contributed by atoms with Gasteiger partial charge in [-0.1, -0.05) is 53.7 Å². The van der Waals surface area contributed by atoms with E-state index in [0.717, 1.165) is 11.1 Å². The molecule has 0 N–H and O–H groups in total. The van der Waals surface area contributed by atoms with Crippen LogP contribution in [0.3, 0.4) is 0 Å². The van der Waals surface area contributed by atoms with Crippen LogP contribution in [0.4, 0.5) is 5.69 Å². The van der Waals surface area contributed by atoms with E-state index in [2.05, 4.69) is 58.9 Å². The van der Waals surface area contributed by atoms with Crippen molar-refractivity contribution in [2.75, 3.05) is 0 Å². The lowest BCUT2D eigenvalue weighted by atomic mass is 9.78. The molecule has 0 heterocycles. The summed E-state index contributed by atoms with van der Waals surface area (Å²) in [6.07, 6.45) is 0. The van der Waals surface area contributed by atoms with Gasteiger partial charge in [0.15, 0.2) is 0 Å². The highest BCUT2D eigenvalue weighted by atomic mass is 16.3. The van der Waals surface area contributed by atoms with Crippen LogP contribution in [0.1, 0.15) is 58.2 Å². The molecule has 2 nitrogen and oxygen atoms in total. The lowest BCUT2D eigenvalue weighted by molar-refractivity contribution is 0.568. The van der Waals surface area contributed by atoms with Crippen molar-refractivity contribution in [1.29, 1.82) is 0 Å². The summed E-state index contributed by atoms with van der Waals surface area (Å²) in [7, 11) is 0. The molecule has 1 aromatic carbocycles. The predicted molar refractivity (Wildman–Crippen MR) is 74.0 cm³/mol. The highest BCUT2D eigenvalue weighted by Crippen LogP contribution is 2.37. The Morgan fingerprint density at radius 3 is 1.82 bits per heavy atom. The Bertz CT molecular complexity index is 433. The van der Waals surface area contributed by atoms with E-state index in [-0.39, 0.29) is 10.8 Å². The van der Waals surface area contributed by atoms with Crippen molar-refractivity contribution in [1.82, 2.24) is 0 Å². The van der Waals surface area contributed by atoms with E-state index in [1.807, 2.05) is 6.92 Å². The molecule has 0 saturated heterocycles. The summed E-state index contributed by atoms with van der Waals surface area (Å²) in [4.78, 5) is 11.0. The Balaban J connectivity index is 3.56. The maximum Gasteiger partial charge on any atom is 0.114 e. The van der Waals surface area contributed by atoms with Gasteiger partial charge in [0.1, 0.15) is 5.69 Å². The van der Waals surface area contributed by atoms with E-state index in [1.54, 1.807) is 0 Å². The fraction of sp³-hybridized carbons (Fsp3) is 0.600. The first-order valence-corrected chi connectivity index (χ1v) is 6.06. The molecule has 0 spiro atoms. The summed E-state index contributed by atoms with van der Waals surface area (Å²) in [5.41, 5.74) is 3.90. The smallest absolute Gasteiger partial charge is 0.114 e. The lowest BCUT2D eigenvalue weighted by Gasteiger charge is -2.26. The standard InChI is InChI=1S/C15H23NO/c1-10-8-11(14(2,3)4)9-12(13(10)16-17)15(5,6)7/h8-9H,1-7H3. The third-order valence-corrected chi connectivity index (χ3v) is 3.07. The van der Waals surface area contributed by atoms with Crippen LogP contribution in [-0.4, -0.2) is 0 Å². The third kappa shape index (κ3) is 2.93. The van der Waals surface area contributed by atoms with Gasteiger partial charge < -0.3 is 0 Å². The molecule has 0 aliphatic heterocycles. The van der Waals surface area contributed by atoms with Crippen LogP contribution in [0.25, 0.3) is 0 Å². The van der Waals surface area contributed by atoms with Crippen molar-refractivity contribution in [3.63, 3.8) is 0 Å². The molecule has 17 heavy (non-hydrogen) atoms. The van der Waals surface area contributed by atoms with Crippen LogP contribution in [0.15, 0.2) is 17.3 Å². The van der Waals surface area contributed by atoms with Crippen molar-refractivity contribution < 1.29 is 0 Å². The summed E-state index contributed by atoms with van der Waals surface area (Å²) in [6.45, 7) is 14.8. The molecule has 0 amide bonds. The number of nitroso groups, excluding NO2 is 1. The van der Waals surface area contributed by atoms with Gasteiger partial charge in [-0.25, -0.2) is 0 Å². The summed E-state index contributed by atoms with van der Waals surface area (Å²) in [5.74, 6) is 0. The van der Waals surface area contributed by atoms with Gasteiger partial charge in [0.2, 0.25) is 0 Å². The van der Waals surface area contributed by atoms with Crippen LogP contribution in [0, 0.1) is 11.8 Å². The summed E-state index contributed by atoms with van der Waals surface area (Å²) in [5, 5.41) is 3.21. The van der Waals surface area contributed by atoms with Crippen LogP contribution >= 0.6 is 0 Å². The van der Waals surface area contributed by atoms with E-state index in [9.17, 15) is 4.91 Å². The molecule has 0 saturated carbocycles. The highest BCUT2D eigenvalue weighted by Gasteiger charge is 2.24. The van der Waals surface area contributed by atoms with E-state index >= 15 is 0 Å². The Morgan fingerprint density at radius 2 is 1.47 bits per heavy atom. The SMILES string of the molecule is Cc1cc(C(C)(C)C)cc(C(C)(C)C)c1N=O. The van der Waals surface area contributed by atoms with Gasteiger partial charge in [0.05, 0.1) is 0 Å². The normalized spacial score (nSPS) is 12.6. The number of aryl methyl sites for hydroxylation is 1. The number of benzene rings is 1. The van der Waals surface area contributed by atoms with Crippen molar-refractivity contribution in [2.45, 2.75) is 59.3 Å². The molecule has 0 bridgehead atoms. The molecular formula is C15H23NO. The molecule has 1 rings (SSSR count). The number of hydrogen-bond acceptors (Lipinski definition) is 2. The zero-order valence-electron chi connectivity index (χ0n) is 12.0. The first-order chi connectivity index (χ1) is 7.57. The molecule has 94 valence electrons. The van der Waals surface area contributed by atoms with Gasteiger partial charge in [-0.3, -0.25) is 0 Å². The molecule has 0 aromatic heterocycles. The first kappa shape index (κ1) is 13.9. The zero-order valence-corrected chi connectivity index (χ0v) is 12.0. The average molecular weight is 233 g/mol. The Hall–Kier alpha value is -1.18. The number of nitrogens with zero attached hydrogens (tertiary/aromatic N) is 1. The van der Waals surface area contributed by atoms with Crippen LogP contribution < -0.4 is 0 Å². The number of hydrogen-bond donors (Lipinski definition) is 0. The lowest BCUT2D eigenvalue weighted by Crippen LogP contribution is -2.17. The van der Waals surface area contributed by atoms with E-state index in [1.165, 1.54) is 5.56 Å². The van der Waals surface area contributed by atoms with Crippen LogP contribution in [-0.2, 0) is 10.8 Å². The summed E-state index contributed by atoms with van der Waals surface area (Å²) < 4.78 is 0. The molecule has 0 aliphatic rings. The highest BCUT2D eigenvalue weighted by molar-refractivity contribution is 5.57. The first-order valence-electron chi connectivity index (χ1n) is 6.06. The minimum absolute atomic E-state index is 0.0603. The maximum atomic E-state index is 11.0. The molecule has 2 heteroatoms. The Morgan fingerprint density at radius 1 is 0.941 bits per heavy atom. The quantitative estimate of drug-likeness (QED) is 0.628. The second kappa shape index (κ2) is 4.25. The van der Waals surface area contributed by atoms with Crippen LogP contribution in [0.2, 0.25) is 0 Å². The monoisotopic (exact) mass is 233 g/mol. The molecule has 0 unspecified atom stereocenters. The van der Waals surface area contributed by atoms with Gasteiger partial charge in [-0.05, 0) is 39.6 Å². The fourth-order valence-corrected chi connectivity index (χ4v) is 1.91. The minimum atomic E-state index is -0.0603. The molecule has 1 aromatic rings. The minimum Gasteiger partial charge on any atom is -0.145 e. The fourth-order valence-electron chi connectivity index (χ4n) is 1.91. The van der Waals surface area contributed by atoms with Crippen molar-refractivity contribution in [2.24, 2.45) is 5.18 Å². The second-order valence-corrected chi connectivity index (χ2v) is 6.78. The van der Waals surface area contributed by atoms with E-state index < -0.39 is 0 Å². The van der Waals surface area contributed by atoms with Gasteiger partial charge in [-0.2, -0.15) is 0 Å². The van der Waals surface area contributed by atoms with Gasteiger partial charge in [0.25, 0.3) is 0 Å². The average Bonchev–Trinajstić information content (AvgIpc) is 2.13. The topological polar surface area (TPSA) is 29.4 Å². The molecule has 0 radical (unpaired) electrons.